The van der Waals surface area contributed by atoms with E-state index in [4.69, 9.17) is 58.1 Å². The van der Waals surface area contributed by atoms with Crippen molar-refractivity contribution in [1.82, 2.24) is 44.9 Å². The third-order valence-corrected chi connectivity index (χ3v) is 20.7. The predicted molar refractivity (Wildman–Crippen MR) is 464 cm³/mol. The van der Waals surface area contributed by atoms with Crippen LogP contribution in [0, 0.1) is 0 Å². The van der Waals surface area contributed by atoms with Crippen LogP contribution in [0.15, 0.2) is 408 Å². The molecule has 0 aliphatic carbocycles. The summed E-state index contributed by atoms with van der Waals surface area (Å²) in [4.78, 5) is 43.8. The Kier molecular flexibility index (Phi) is 18.0. The number of para-hydroxylation sites is 4. The van der Waals surface area contributed by atoms with Gasteiger partial charge in [0.15, 0.2) is 52.4 Å². The van der Waals surface area contributed by atoms with Crippen LogP contribution in [0.5, 0.6) is 0 Å². The van der Waals surface area contributed by atoms with Crippen molar-refractivity contribution in [2.75, 3.05) is 0 Å². The fourth-order valence-electron chi connectivity index (χ4n) is 15.1. The lowest BCUT2D eigenvalue weighted by atomic mass is 9.92. The standard InChI is InChI=1S/C37H23N3O.2C33H21N3O/c1-3-12-24(13-4-1)35-38-36(25-14-5-2-6-15-25)40-37(39-35)30-23-22-28(26-16-7-8-17-27(26)30)29-19-11-21-33-34(29)31-18-9-10-20-32(31)41-33;1-3-10-23(11-4-1)31-34-32(24-12-5-2-6-13-24)36-33(35-31)25-20-18-22(19-21-25)26-15-9-16-28-27-14-7-8-17-29(27)37-30(26)28;1-3-10-23(11-4-1)31-34-32(24-12-5-2-6-13-24)36-33(35-31)25-20-18-22(19-21-25)26-15-9-17-29-30(26)27-14-7-8-16-28(27)37-29/h1-23H;2*1-21H. The smallest absolute Gasteiger partial charge is 0.164 e. The van der Waals surface area contributed by atoms with Gasteiger partial charge in [-0.25, -0.2) is 44.9 Å². The Morgan fingerprint density at radius 3 is 0.783 bits per heavy atom. The Bertz CT molecular complexity index is 7130. The number of fused-ring (bicyclic) bond motifs is 10. The molecule has 22 rings (SSSR count). The molecular formula is C103H65N9O3. The number of rotatable bonds is 12. The molecule has 540 valence electrons. The maximum absolute atomic E-state index is 6.25. The summed E-state index contributed by atoms with van der Waals surface area (Å²) in [6.45, 7) is 0. The number of hydrogen-bond acceptors (Lipinski definition) is 12. The van der Waals surface area contributed by atoms with Crippen LogP contribution < -0.4 is 0 Å². The van der Waals surface area contributed by atoms with Gasteiger partial charge < -0.3 is 13.3 Å². The molecule has 0 saturated heterocycles. The number of furan rings is 3. The van der Waals surface area contributed by atoms with Gasteiger partial charge in [-0.2, -0.15) is 0 Å². The van der Waals surface area contributed by atoms with Crippen LogP contribution in [0.4, 0.5) is 0 Å². The van der Waals surface area contributed by atoms with E-state index in [2.05, 4.69) is 146 Å². The lowest BCUT2D eigenvalue weighted by Gasteiger charge is -2.13. The molecule has 0 aliphatic rings. The molecule has 0 bridgehead atoms. The van der Waals surface area contributed by atoms with E-state index in [0.29, 0.717) is 52.4 Å². The molecule has 115 heavy (non-hydrogen) atoms. The van der Waals surface area contributed by atoms with Crippen molar-refractivity contribution in [3.63, 3.8) is 0 Å². The van der Waals surface area contributed by atoms with Gasteiger partial charge in [-0.3, -0.25) is 0 Å². The summed E-state index contributed by atoms with van der Waals surface area (Å²) >= 11 is 0. The Morgan fingerprint density at radius 2 is 0.383 bits per heavy atom. The molecule has 0 amide bonds. The number of nitrogens with zero attached hydrogens (tertiary/aromatic N) is 9. The highest BCUT2D eigenvalue weighted by Crippen LogP contribution is 2.44. The summed E-state index contributed by atoms with van der Waals surface area (Å²) in [5, 5.41) is 8.95. The zero-order valence-electron chi connectivity index (χ0n) is 61.8. The lowest BCUT2D eigenvalue weighted by Crippen LogP contribution is -2.00. The Labute approximate surface area is 660 Å². The summed E-state index contributed by atoms with van der Waals surface area (Å²) in [6, 6.07) is 133. The maximum atomic E-state index is 6.25. The normalized spacial score (nSPS) is 11.3. The van der Waals surface area contributed by atoms with Crippen LogP contribution in [-0.2, 0) is 0 Å². The largest absolute Gasteiger partial charge is 0.456 e. The molecule has 12 heteroatoms. The van der Waals surface area contributed by atoms with Gasteiger partial charge >= 0.3 is 0 Å². The minimum absolute atomic E-state index is 0.640. The number of hydrogen-bond donors (Lipinski definition) is 0. The van der Waals surface area contributed by atoms with Crippen molar-refractivity contribution in [3.05, 3.63) is 394 Å². The molecule has 0 N–H and O–H groups in total. The quantitative estimate of drug-likeness (QED) is 0.114. The van der Waals surface area contributed by atoms with Gasteiger partial charge in [-0.05, 0) is 75.0 Å². The summed E-state index contributed by atoms with van der Waals surface area (Å²) in [6.07, 6.45) is 0. The monoisotopic (exact) mass is 1480 g/mol. The third kappa shape index (κ3) is 13.5. The minimum atomic E-state index is 0.640. The number of benzene rings is 16. The molecule has 6 aromatic heterocycles. The minimum Gasteiger partial charge on any atom is -0.456 e. The van der Waals surface area contributed by atoms with Crippen molar-refractivity contribution in [2.24, 2.45) is 0 Å². The molecule has 12 nitrogen and oxygen atoms in total. The SMILES string of the molecule is c1ccc(-c2nc(-c3ccccc3)nc(-c3ccc(-c4cccc5c4oc4ccccc45)cc3)n2)cc1.c1ccc(-c2nc(-c3ccccc3)nc(-c3ccc(-c4cccc5oc6ccccc6c45)c4ccccc34)n2)cc1.c1ccc(-c2nc(-c3ccccc3)nc(-c3ccc(-c4cccc5oc6ccccc6c45)cc3)n2)cc1. The first-order valence-corrected chi connectivity index (χ1v) is 38.1. The van der Waals surface area contributed by atoms with Crippen molar-refractivity contribution in [2.45, 2.75) is 0 Å². The van der Waals surface area contributed by atoms with E-state index in [1.807, 2.05) is 249 Å². The fourth-order valence-corrected chi connectivity index (χ4v) is 15.1. The second-order valence-corrected chi connectivity index (χ2v) is 27.8. The average Bonchev–Trinajstić information content (AvgIpc) is 1.75. The van der Waals surface area contributed by atoms with E-state index in [9.17, 15) is 0 Å². The van der Waals surface area contributed by atoms with Gasteiger partial charge in [-0.15, -0.1) is 0 Å². The van der Waals surface area contributed by atoms with Crippen LogP contribution in [0.2, 0.25) is 0 Å². The second kappa shape index (κ2) is 30.2. The van der Waals surface area contributed by atoms with Crippen molar-refractivity contribution >= 4 is 76.6 Å². The summed E-state index contributed by atoms with van der Waals surface area (Å²) in [5.74, 6) is 5.85. The zero-order valence-corrected chi connectivity index (χ0v) is 61.8. The highest BCUT2D eigenvalue weighted by molar-refractivity contribution is 6.17. The Morgan fingerprint density at radius 1 is 0.130 bits per heavy atom. The molecule has 22 aromatic rings. The first-order valence-electron chi connectivity index (χ1n) is 38.1. The molecule has 0 aliphatic heterocycles. The molecule has 6 heterocycles. The summed E-state index contributed by atoms with van der Waals surface area (Å²) < 4.78 is 18.5. The molecule has 0 spiro atoms. The van der Waals surface area contributed by atoms with Crippen molar-refractivity contribution in [3.8, 4) is 136 Å². The predicted octanol–water partition coefficient (Wildman–Crippen LogP) is 26.5. The van der Waals surface area contributed by atoms with E-state index in [1.165, 1.54) is 0 Å². The maximum Gasteiger partial charge on any atom is 0.164 e. The first kappa shape index (κ1) is 68.5. The van der Waals surface area contributed by atoms with Crippen molar-refractivity contribution in [1.29, 1.82) is 0 Å². The highest BCUT2D eigenvalue weighted by Gasteiger charge is 2.22. The second-order valence-electron chi connectivity index (χ2n) is 27.8. The van der Waals surface area contributed by atoms with Gasteiger partial charge in [0, 0.05) is 88.0 Å². The average molecular weight is 1480 g/mol. The molecule has 0 atom stereocenters. The van der Waals surface area contributed by atoms with E-state index in [-0.39, 0.29) is 0 Å². The third-order valence-electron chi connectivity index (χ3n) is 20.7. The molecule has 0 radical (unpaired) electrons. The van der Waals surface area contributed by atoms with Gasteiger partial charge in [0.2, 0.25) is 0 Å². The van der Waals surface area contributed by atoms with E-state index >= 15 is 0 Å². The lowest BCUT2D eigenvalue weighted by molar-refractivity contribution is 0.668. The molecular weight excluding hydrogens is 1410 g/mol. The fraction of sp³-hybridized carbons (Fsp3) is 0. The van der Waals surface area contributed by atoms with Crippen LogP contribution in [0.3, 0.4) is 0 Å². The topological polar surface area (TPSA) is 155 Å². The van der Waals surface area contributed by atoms with E-state index in [1.54, 1.807) is 0 Å². The van der Waals surface area contributed by atoms with Crippen LogP contribution in [0.1, 0.15) is 0 Å². The molecule has 0 unspecified atom stereocenters. The van der Waals surface area contributed by atoms with E-state index in [0.717, 1.165) is 160 Å². The first-order chi connectivity index (χ1) is 57.0. The number of aromatic nitrogens is 9. The van der Waals surface area contributed by atoms with Crippen LogP contribution >= 0.6 is 0 Å². The van der Waals surface area contributed by atoms with Crippen LogP contribution in [0.25, 0.3) is 212 Å². The van der Waals surface area contributed by atoms with Gasteiger partial charge in [0.1, 0.15) is 33.5 Å². The van der Waals surface area contributed by atoms with Crippen molar-refractivity contribution < 1.29 is 13.3 Å². The Balaban J connectivity index is 0.000000112. The Hall–Kier alpha value is -15.8. The van der Waals surface area contributed by atoms with Gasteiger partial charge in [-0.1, -0.05) is 358 Å². The molecule has 0 fully saturated rings. The molecule has 16 aromatic carbocycles. The van der Waals surface area contributed by atoms with Gasteiger partial charge in [0.05, 0.1) is 0 Å². The highest BCUT2D eigenvalue weighted by atomic mass is 16.3. The summed E-state index contributed by atoms with van der Waals surface area (Å²) in [7, 11) is 0. The van der Waals surface area contributed by atoms with Gasteiger partial charge in [0.25, 0.3) is 0 Å². The van der Waals surface area contributed by atoms with E-state index < -0.39 is 0 Å². The summed E-state index contributed by atoms with van der Waals surface area (Å²) in [5.41, 5.74) is 20.6. The molecule has 0 saturated carbocycles. The van der Waals surface area contributed by atoms with Crippen LogP contribution in [-0.4, -0.2) is 44.9 Å². The zero-order chi connectivity index (χ0) is 76.4.